The van der Waals surface area contributed by atoms with Crippen LogP contribution in [0.5, 0.6) is 11.5 Å². The minimum Gasteiger partial charge on any atom is -0.497 e. The van der Waals surface area contributed by atoms with Gasteiger partial charge >= 0.3 is 0 Å². The molecule has 31 heavy (non-hydrogen) atoms. The van der Waals surface area contributed by atoms with Gasteiger partial charge in [0.2, 0.25) is 0 Å². The van der Waals surface area contributed by atoms with Crippen LogP contribution in [0.4, 0.5) is 11.4 Å². The Bertz CT molecular complexity index is 1160. The largest absolute Gasteiger partial charge is 0.497 e. The van der Waals surface area contributed by atoms with Crippen LogP contribution >= 0.6 is 15.9 Å². The zero-order valence-corrected chi connectivity index (χ0v) is 19.3. The van der Waals surface area contributed by atoms with Crippen LogP contribution in [0.15, 0.2) is 76.1 Å². The molecule has 0 aliphatic carbocycles. The fraction of sp³-hybridized carbons (Fsp3) is 0.136. The van der Waals surface area contributed by atoms with Crippen molar-refractivity contribution in [1.29, 1.82) is 0 Å². The number of sulfonamides is 1. The van der Waals surface area contributed by atoms with Crippen molar-refractivity contribution >= 4 is 43.2 Å². The number of methoxy groups -OCH3 is 1. The lowest BCUT2D eigenvalue weighted by Gasteiger charge is -2.12. The van der Waals surface area contributed by atoms with Crippen LogP contribution in [-0.4, -0.2) is 28.0 Å². The Morgan fingerprint density at radius 2 is 1.61 bits per heavy atom. The number of nitrogens with one attached hydrogen (secondary N) is 2. The van der Waals surface area contributed by atoms with E-state index in [1.807, 2.05) is 6.92 Å². The van der Waals surface area contributed by atoms with Crippen LogP contribution < -0.4 is 19.5 Å². The highest BCUT2D eigenvalue weighted by atomic mass is 79.9. The zero-order chi connectivity index (χ0) is 22.4. The monoisotopic (exact) mass is 504 g/mol. The van der Waals surface area contributed by atoms with Gasteiger partial charge in [0.1, 0.15) is 11.5 Å². The highest BCUT2D eigenvalue weighted by Crippen LogP contribution is 2.25. The number of hydrogen-bond donors (Lipinski definition) is 2. The first-order valence-corrected chi connectivity index (χ1v) is 11.6. The first kappa shape index (κ1) is 22.6. The summed E-state index contributed by atoms with van der Waals surface area (Å²) in [5.41, 5.74) is 1.24. The number of carbonyl (C=O) groups is 1. The van der Waals surface area contributed by atoms with Gasteiger partial charge in [-0.25, -0.2) is 8.42 Å². The topological polar surface area (TPSA) is 93.7 Å². The van der Waals surface area contributed by atoms with Gasteiger partial charge in [-0.2, -0.15) is 0 Å². The maximum absolute atomic E-state index is 12.7. The van der Waals surface area contributed by atoms with Gasteiger partial charge in [-0.15, -0.1) is 0 Å². The SMILES string of the molecule is CCOc1ccc(Br)cc1C(=O)Nc1ccc(S(=O)(=O)Nc2ccc(OC)cc2)cc1. The molecule has 9 heteroatoms. The van der Waals surface area contributed by atoms with E-state index in [9.17, 15) is 13.2 Å². The molecule has 0 radical (unpaired) electrons. The molecule has 0 fully saturated rings. The van der Waals surface area contributed by atoms with E-state index in [0.717, 1.165) is 4.47 Å². The number of benzene rings is 3. The van der Waals surface area contributed by atoms with E-state index in [1.54, 1.807) is 42.5 Å². The Morgan fingerprint density at radius 1 is 0.968 bits per heavy atom. The molecule has 7 nitrogen and oxygen atoms in total. The highest BCUT2D eigenvalue weighted by Gasteiger charge is 2.16. The van der Waals surface area contributed by atoms with Crippen LogP contribution in [0.2, 0.25) is 0 Å². The second-order valence-electron chi connectivity index (χ2n) is 6.39. The van der Waals surface area contributed by atoms with Gasteiger partial charge in [0, 0.05) is 15.8 Å². The third kappa shape index (κ3) is 5.77. The van der Waals surface area contributed by atoms with Crippen molar-refractivity contribution in [1.82, 2.24) is 0 Å². The van der Waals surface area contributed by atoms with Crippen molar-refractivity contribution < 1.29 is 22.7 Å². The normalized spacial score (nSPS) is 10.9. The number of halogens is 1. The predicted octanol–water partition coefficient (Wildman–Crippen LogP) is 4.91. The van der Waals surface area contributed by atoms with Crippen molar-refractivity contribution in [3.8, 4) is 11.5 Å². The molecule has 1 amide bonds. The fourth-order valence-corrected chi connectivity index (χ4v) is 4.17. The van der Waals surface area contributed by atoms with Gasteiger partial charge < -0.3 is 14.8 Å². The summed E-state index contributed by atoms with van der Waals surface area (Å²) in [7, 11) is -2.24. The van der Waals surface area contributed by atoms with E-state index < -0.39 is 10.0 Å². The third-order valence-corrected chi connectivity index (χ3v) is 6.14. The van der Waals surface area contributed by atoms with Gasteiger partial charge in [-0.1, -0.05) is 15.9 Å². The summed E-state index contributed by atoms with van der Waals surface area (Å²) in [6.45, 7) is 2.26. The maximum atomic E-state index is 12.7. The molecule has 2 N–H and O–H groups in total. The molecule has 162 valence electrons. The number of anilines is 2. The molecule has 0 saturated heterocycles. The van der Waals surface area contributed by atoms with Gasteiger partial charge in [0.15, 0.2) is 0 Å². The van der Waals surface area contributed by atoms with Crippen molar-refractivity contribution in [3.63, 3.8) is 0 Å². The summed E-state index contributed by atoms with van der Waals surface area (Å²) in [4.78, 5) is 12.8. The van der Waals surface area contributed by atoms with Crippen molar-refractivity contribution in [3.05, 3.63) is 76.8 Å². The number of amides is 1. The molecular weight excluding hydrogens is 484 g/mol. The standard InChI is InChI=1S/C22H21BrN2O5S/c1-3-30-21-13-4-15(23)14-20(21)22(26)24-16-7-11-19(12-8-16)31(27,28)25-17-5-9-18(29-2)10-6-17/h4-14,25H,3H2,1-2H3,(H,24,26). The minimum absolute atomic E-state index is 0.0683. The van der Waals surface area contributed by atoms with Gasteiger partial charge in [-0.3, -0.25) is 9.52 Å². The Hall–Kier alpha value is -3.04. The van der Waals surface area contributed by atoms with E-state index in [2.05, 4.69) is 26.0 Å². The molecule has 3 aromatic rings. The first-order chi connectivity index (χ1) is 14.8. The van der Waals surface area contributed by atoms with Crippen LogP contribution in [0.3, 0.4) is 0 Å². The van der Waals surface area contributed by atoms with Crippen LogP contribution in [0.25, 0.3) is 0 Å². The Kier molecular flexibility index (Phi) is 7.19. The average molecular weight is 505 g/mol. The summed E-state index contributed by atoms with van der Waals surface area (Å²) < 4.78 is 39.1. The lowest BCUT2D eigenvalue weighted by atomic mass is 10.2. The number of ether oxygens (including phenoxy) is 2. The molecule has 0 bridgehead atoms. The lowest BCUT2D eigenvalue weighted by Crippen LogP contribution is -2.15. The number of rotatable bonds is 8. The molecule has 3 aromatic carbocycles. The highest BCUT2D eigenvalue weighted by molar-refractivity contribution is 9.10. The molecular formula is C22H21BrN2O5S. The minimum atomic E-state index is -3.78. The fourth-order valence-electron chi connectivity index (χ4n) is 2.75. The number of carbonyl (C=O) groups excluding carboxylic acids is 1. The van der Waals surface area contributed by atoms with Crippen molar-refractivity contribution in [2.75, 3.05) is 23.8 Å². The lowest BCUT2D eigenvalue weighted by molar-refractivity contribution is 0.102. The summed E-state index contributed by atoms with van der Waals surface area (Å²) in [5.74, 6) is 0.726. The molecule has 0 unspecified atom stereocenters. The van der Waals surface area contributed by atoms with Crippen LogP contribution in [0.1, 0.15) is 17.3 Å². The maximum Gasteiger partial charge on any atom is 0.261 e. The quantitative estimate of drug-likeness (QED) is 0.454. The molecule has 0 atom stereocenters. The Balaban J connectivity index is 1.73. The smallest absolute Gasteiger partial charge is 0.261 e. The second-order valence-corrected chi connectivity index (χ2v) is 8.98. The Labute approximate surface area is 189 Å². The Morgan fingerprint density at radius 3 is 2.23 bits per heavy atom. The van der Waals surface area contributed by atoms with E-state index in [-0.39, 0.29) is 10.8 Å². The summed E-state index contributed by atoms with van der Waals surface area (Å²) in [6, 6.07) is 17.6. The molecule has 0 aliphatic heterocycles. The summed E-state index contributed by atoms with van der Waals surface area (Å²) >= 11 is 3.35. The van der Waals surface area contributed by atoms with Gasteiger partial charge in [0.05, 0.1) is 24.2 Å². The molecule has 0 spiro atoms. The van der Waals surface area contributed by atoms with E-state index in [4.69, 9.17) is 9.47 Å². The predicted molar refractivity (Wildman–Crippen MR) is 124 cm³/mol. The van der Waals surface area contributed by atoms with Crippen molar-refractivity contribution in [2.45, 2.75) is 11.8 Å². The van der Waals surface area contributed by atoms with Gasteiger partial charge in [-0.05, 0) is 73.7 Å². The van der Waals surface area contributed by atoms with Gasteiger partial charge in [0.25, 0.3) is 15.9 Å². The summed E-state index contributed by atoms with van der Waals surface area (Å²) in [6.07, 6.45) is 0. The average Bonchev–Trinajstić information content (AvgIpc) is 2.76. The third-order valence-electron chi connectivity index (χ3n) is 4.25. The van der Waals surface area contributed by atoms with E-state index in [0.29, 0.717) is 35.0 Å². The van der Waals surface area contributed by atoms with E-state index >= 15 is 0 Å². The summed E-state index contributed by atoms with van der Waals surface area (Å²) in [5, 5.41) is 2.76. The van der Waals surface area contributed by atoms with Crippen molar-refractivity contribution in [2.24, 2.45) is 0 Å². The van der Waals surface area contributed by atoms with Crippen LogP contribution in [-0.2, 0) is 10.0 Å². The molecule has 0 aliphatic rings. The van der Waals surface area contributed by atoms with Crippen LogP contribution in [0, 0.1) is 0 Å². The zero-order valence-electron chi connectivity index (χ0n) is 16.9. The molecule has 0 heterocycles. The molecule has 0 aromatic heterocycles. The first-order valence-electron chi connectivity index (χ1n) is 9.33. The van der Waals surface area contributed by atoms with E-state index in [1.165, 1.54) is 31.4 Å². The molecule has 0 saturated carbocycles. The molecule has 3 rings (SSSR count). The number of hydrogen-bond acceptors (Lipinski definition) is 5. The second kappa shape index (κ2) is 9.84.